The molecular weight excluding hydrogens is 618 g/mol. The molecule has 4 aromatic rings. The van der Waals surface area contributed by atoms with Crippen molar-refractivity contribution in [3.63, 3.8) is 0 Å². The molecule has 0 amide bonds. The van der Waals surface area contributed by atoms with E-state index in [1.165, 1.54) is 82.9 Å². The lowest BCUT2D eigenvalue weighted by atomic mass is 10.1. The molecule has 0 aromatic heterocycles. The van der Waals surface area contributed by atoms with Crippen LogP contribution in [0.3, 0.4) is 0 Å². The van der Waals surface area contributed by atoms with Gasteiger partial charge in [-0.15, -0.1) is 0 Å². The van der Waals surface area contributed by atoms with Crippen LogP contribution in [-0.2, 0) is 25.7 Å². The van der Waals surface area contributed by atoms with Crippen molar-refractivity contribution in [1.82, 2.24) is 0 Å². The van der Waals surface area contributed by atoms with Crippen LogP contribution in [0.5, 0.6) is 0 Å². The van der Waals surface area contributed by atoms with Gasteiger partial charge in [0.1, 0.15) is 10.6 Å². The summed E-state index contributed by atoms with van der Waals surface area (Å²) in [6.45, 7) is 14.8. The molecule has 0 N–H and O–H groups in total. The minimum atomic E-state index is -1.94. The van der Waals surface area contributed by atoms with Crippen LogP contribution in [0.15, 0.2) is 72.8 Å². The standard InChI is InChI=1S/C44H49N2P2/c1-9-30-19-20-37-43(21-30)48(8,29(4)5)44-27-36-18-12-15-33(36)24-40(44)46(7)39-23-32-14-11-17-35(32)26-42(39)47(28(2)3)41-25-34-16-10-13-31(34)22-38(41)45(37)6/h10-12,14,16,18-29H,9,13,15,17H2,1-8H3/q+1. The Hall–Kier alpha value is -3.44. The van der Waals surface area contributed by atoms with Gasteiger partial charge in [0.25, 0.3) is 0 Å². The zero-order valence-corrected chi connectivity index (χ0v) is 31.7. The molecule has 1 heterocycles. The van der Waals surface area contributed by atoms with Crippen molar-refractivity contribution >= 4 is 77.4 Å². The van der Waals surface area contributed by atoms with Crippen LogP contribution >= 0.6 is 15.2 Å². The predicted octanol–water partition coefficient (Wildman–Crippen LogP) is 9.65. The van der Waals surface area contributed by atoms with Gasteiger partial charge in [0.15, 0.2) is 0 Å². The highest BCUT2D eigenvalue weighted by molar-refractivity contribution is 7.90. The summed E-state index contributed by atoms with van der Waals surface area (Å²) in [6.07, 6.45) is 18.2. The van der Waals surface area contributed by atoms with Crippen LogP contribution in [0.4, 0.5) is 22.7 Å². The van der Waals surface area contributed by atoms with Gasteiger partial charge >= 0.3 is 0 Å². The maximum Gasteiger partial charge on any atom is 0.123 e. The van der Waals surface area contributed by atoms with Crippen molar-refractivity contribution in [1.29, 1.82) is 0 Å². The molecule has 0 bridgehead atoms. The Morgan fingerprint density at radius 2 is 1.15 bits per heavy atom. The van der Waals surface area contributed by atoms with Crippen molar-refractivity contribution in [2.75, 3.05) is 30.6 Å². The smallest absolute Gasteiger partial charge is 0.123 e. The highest BCUT2D eigenvalue weighted by Crippen LogP contribution is 2.62. The zero-order chi connectivity index (χ0) is 33.5. The molecule has 0 spiro atoms. The molecule has 244 valence electrons. The van der Waals surface area contributed by atoms with E-state index < -0.39 is 15.2 Å². The average molecular weight is 668 g/mol. The lowest BCUT2D eigenvalue weighted by Gasteiger charge is -2.38. The number of rotatable bonds is 3. The van der Waals surface area contributed by atoms with E-state index in [0.29, 0.717) is 11.3 Å². The first kappa shape index (κ1) is 31.8. The number of benzene rings is 4. The molecule has 4 heteroatoms. The van der Waals surface area contributed by atoms with Gasteiger partial charge in [-0.2, -0.15) is 0 Å². The molecule has 4 aromatic carbocycles. The van der Waals surface area contributed by atoms with Crippen molar-refractivity contribution in [3.05, 3.63) is 112 Å². The average Bonchev–Trinajstić information content (AvgIpc) is 3.85. The van der Waals surface area contributed by atoms with E-state index in [-0.39, 0.29) is 0 Å². The number of hydrogen-bond donors (Lipinski definition) is 0. The normalized spacial score (nSPS) is 20.2. The molecule has 48 heavy (non-hydrogen) atoms. The van der Waals surface area contributed by atoms with E-state index in [4.69, 9.17) is 0 Å². The number of hydrogen-bond acceptors (Lipinski definition) is 2. The molecule has 0 radical (unpaired) electrons. The summed E-state index contributed by atoms with van der Waals surface area (Å²) in [7, 11) is 2.08. The van der Waals surface area contributed by atoms with Crippen LogP contribution < -0.4 is 31.0 Å². The summed E-state index contributed by atoms with van der Waals surface area (Å²) < 4.78 is 0. The summed E-state index contributed by atoms with van der Waals surface area (Å²) >= 11 is 0. The second-order valence-corrected chi connectivity index (χ2v) is 21.7. The van der Waals surface area contributed by atoms with Gasteiger partial charge in [0.05, 0.1) is 31.0 Å². The number of nitrogens with zero attached hydrogens (tertiary/aromatic N) is 2. The Morgan fingerprint density at radius 1 is 0.625 bits per heavy atom. The fraction of sp³-hybridized carbons (Fsp3) is 0.318. The summed E-state index contributed by atoms with van der Waals surface area (Å²) in [5, 5.41) is 6.08. The van der Waals surface area contributed by atoms with Gasteiger partial charge < -0.3 is 9.80 Å². The largest absolute Gasteiger partial charge is 0.341 e. The number of allylic oxidation sites excluding steroid dienone is 3. The molecule has 0 saturated heterocycles. The van der Waals surface area contributed by atoms with Crippen LogP contribution in [-0.4, -0.2) is 32.1 Å². The molecule has 0 fully saturated rings. The zero-order valence-electron chi connectivity index (χ0n) is 29.9. The second-order valence-electron chi connectivity index (χ2n) is 14.9. The van der Waals surface area contributed by atoms with Crippen molar-refractivity contribution in [3.8, 4) is 0 Å². The van der Waals surface area contributed by atoms with Crippen LogP contribution in [0.1, 0.15) is 73.6 Å². The third-order valence-corrected chi connectivity index (χ3v) is 19.1. The van der Waals surface area contributed by atoms with Crippen LogP contribution in [0.2, 0.25) is 0 Å². The Bertz CT molecular complexity index is 2070. The molecule has 0 saturated carbocycles. The first-order chi connectivity index (χ1) is 23.1. The number of anilines is 4. The first-order valence-corrected chi connectivity index (χ1v) is 21.6. The van der Waals surface area contributed by atoms with E-state index >= 15 is 0 Å². The molecule has 2 nitrogen and oxygen atoms in total. The lowest BCUT2D eigenvalue weighted by Crippen LogP contribution is -2.37. The predicted molar refractivity (Wildman–Crippen MR) is 218 cm³/mol. The quantitative estimate of drug-likeness (QED) is 0.201. The Morgan fingerprint density at radius 3 is 1.77 bits per heavy atom. The topological polar surface area (TPSA) is 6.48 Å². The highest BCUT2D eigenvalue weighted by atomic mass is 31.2. The van der Waals surface area contributed by atoms with Crippen LogP contribution in [0.25, 0.3) is 18.2 Å². The first-order valence-electron chi connectivity index (χ1n) is 17.9. The summed E-state index contributed by atoms with van der Waals surface area (Å²) in [5.41, 5.74) is 16.4. The minimum absolute atomic E-state index is 0.467. The third-order valence-electron chi connectivity index (χ3n) is 11.6. The Balaban J connectivity index is 1.54. The van der Waals surface area contributed by atoms with E-state index in [0.717, 1.165) is 25.7 Å². The highest BCUT2D eigenvalue weighted by Gasteiger charge is 2.47. The fourth-order valence-electron chi connectivity index (χ4n) is 8.48. The monoisotopic (exact) mass is 667 g/mol. The maximum atomic E-state index is 2.63. The Kier molecular flexibility index (Phi) is 7.86. The van der Waals surface area contributed by atoms with Gasteiger partial charge in [0.2, 0.25) is 0 Å². The van der Waals surface area contributed by atoms with E-state index in [2.05, 4.69) is 156 Å². The van der Waals surface area contributed by atoms with Crippen molar-refractivity contribution in [2.24, 2.45) is 0 Å². The summed E-state index contributed by atoms with van der Waals surface area (Å²) in [6, 6.07) is 22.8. The molecule has 1 aliphatic heterocycles. The molecule has 2 atom stereocenters. The fourth-order valence-corrected chi connectivity index (χ4v) is 15.0. The van der Waals surface area contributed by atoms with Gasteiger partial charge in [-0.05, 0) is 141 Å². The molecule has 4 aliphatic rings. The molecule has 2 unspecified atom stereocenters. The number of fused-ring (bicyclic) bond motifs is 7. The minimum Gasteiger partial charge on any atom is -0.341 e. The SMILES string of the molecule is CCc1ccc2c(c1)[P+](C)(C(C)C)c1cc3c(cc1N(C)c1cc4c(cc1P(C(C)C)c1cc5c(cc1N2C)CC=C5)CC=C4)CC=C3. The van der Waals surface area contributed by atoms with Crippen molar-refractivity contribution < 1.29 is 0 Å². The maximum absolute atomic E-state index is 2.63. The van der Waals surface area contributed by atoms with E-state index in [1.807, 2.05) is 0 Å². The van der Waals surface area contributed by atoms with E-state index in [9.17, 15) is 0 Å². The van der Waals surface area contributed by atoms with Gasteiger partial charge in [-0.1, -0.05) is 63.3 Å². The number of aryl methyl sites for hydroxylation is 1. The summed E-state index contributed by atoms with van der Waals surface area (Å²) in [5.74, 6) is 0. The van der Waals surface area contributed by atoms with Gasteiger partial charge in [-0.3, -0.25) is 0 Å². The third kappa shape index (κ3) is 4.82. The van der Waals surface area contributed by atoms with Gasteiger partial charge in [0, 0.05) is 36.1 Å². The van der Waals surface area contributed by atoms with Crippen LogP contribution in [0, 0.1) is 0 Å². The van der Waals surface area contributed by atoms with E-state index in [1.54, 1.807) is 0 Å². The van der Waals surface area contributed by atoms with Crippen molar-refractivity contribution in [2.45, 2.75) is 71.6 Å². The second kappa shape index (κ2) is 11.9. The molecule has 3 aliphatic carbocycles. The lowest BCUT2D eigenvalue weighted by molar-refractivity contribution is 1.08. The summed E-state index contributed by atoms with van der Waals surface area (Å²) in [4.78, 5) is 5.20. The Labute approximate surface area is 290 Å². The molecular formula is C44H49N2P2+. The molecule has 8 rings (SSSR count). The van der Waals surface area contributed by atoms with Gasteiger partial charge in [-0.25, -0.2) is 0 Å².